The zero-order valence-corrected chi connectivity index (χ0v) is 19.1. The van der Waals surface area contributed by atoms with Crippen molar-refractivity contribution in [1.82, 2.24) is 4.72 Å². The van der Waals surface area contributed by atoms with Crippen molar-refractivity contribution in [1.29, 1.82) is 0 Å². The Balaban J connectivity index is 1.55. The van der Waals surface area contributed by atoms with Crippen LogP contribution in [0.2, 0.25) is 5.02 Å². The van der Waals surface area contributed by atoms with Crippen LogP contribution < -0.4 is 9.46 Å². The number of hydrogen-bond acceptors (Lipinski definition) is 4. The summed E-state index contributed by atoms with van der Waals surface area (Å²) in [5.74, 6) is 1.00. The summed E-state index contributed by atoms with van der Waals surface area (Å²) in [6.45, 7) is 6.54. The predicted molar refractivity (Wildman–Crippen MR) is 117 cm³/mol. The SMILES string of the molecule is CC(C)[C@@]12CC[C@@](C)(O1)[C@H](Oc1cccc(Cl)c1CNS(=O)(=O)c1ccccc1)C2. The molecular formula is C23H28ClNO4S. The lowest BCUT2D eigenvalue weighted by Gasteiger charge is -2.32. The van der Waals surface area contributed by atoms with E-state index in [9.17, 15) is 8.42 Å². The van der Waals surface area contributed by atoms with Gasteiger partial charge in [0.15, 0.2) is 0 Å². The summed E-state index contributed by atoms with van der Waals surface area (Å²) in [7, 11) is -3.65. The van der Waals surface area contributed by atoms with Crippen LogP contribution >= 0.6 is 11.6 Å². The van der Waals surface area contributed by atoms with E-state index in [2.05, 4.69) is 25.5 Å². The van der Waals surface area contributed by atoms with Crippen molar-refractivity contribution < 1.29 is 17.9 Å². The van der Waals surface area contributed by atoms with Crippen LogP contribution in [0.25, 0.3) is 0 Å². The molecule has 2 saturated heterocycles. The molecule has 5 nitrogen and oxygen atoms in total. The molecule has 0 amide bonds. The molecule has 30 heavy (non-hydrogen) atoms. The van der Waals surface area contributed by atoms with E-state index in [1.165, 1.54) is 0 Å². The number of sulfonamides is 1. The second-order valence-corrected chi connectivity index (χ2v) is 11.0. The van der Waals surface area contributed by atoms with Gasteiger partial charge in [-0.3, -0.25) is 0 Å². The van der Waals surface area contributed by atoms with Gasteiger partial charge in [-0.1, -0.05) is 49.7 Å². The zero-order chi connectivity index (χ0) is 21.6. The van der Waals surface area contributed by atoms with Gasteiger partial charge in [0.1, 0.15) is 17.5 Å². The fraction of sp³-hybridized carbons (Fsp3) is 0.478. The molecule has 0 aliphatic carbocycles. The summed E-state index contributed by atoms with van der Waals surface area (Å²) in [4.78, 5) is 0.215. The molecule has 2 aromatic carbocycles. The molecule has 1 N–H and O–H groups in total. The van der Waals surface area contributed by atoms with Crippen LogP contribution in [0.5, 0.6) is 5.75 Å². The van der Waals surface area contributed by atoms with Crippen LogP contribution in [-0.2, 0) is 21.3 Å². The molecule has 2 aliphatic rings. The Morgan fingerprint density at radius 2 is 1.90 bits per heavy atom. The Hall–Kier alpha value is -1.60. The maximum atomic E-state index is 12.6. The summed E-state index contributed by atoms with van der Waals surface area (Å²) < 4.78 is 40.8. The quantitative estimate of drug-likeness (QED) is 0.650. The van der Waals surface area contributed by atoms with E-state index in [1.807, 2.05) is 12.1 Å². The first kappa shape index (κ1) is 21.6. The molecule has 2 heterocycles. The summed E-state index contributed by atoms with van der Waals surface area (Å²) in [5.41, 5.74) is 0.143. The third-order valence-electron chi connectivity index (χ3n) is 6.58. The molecule has 0 unspecified atom stereocenters. The smallest absolute Gasteiger partial charge is 0.240 e. The standard InChI is InChI=1S/C23H28ClNO4S/c1-16(2)23-13-12-22(3,29-23)21(14-23)28-20-11-7-10-19(24)18(20)15-25-30(26,27)17-8-5-4-6-9-17/h4-11,16,21,25H,12-15H2,1-3H3/t21-,22-,23+/m1/s1. The number of halogens is 1. The lowest BCUT2D eigenvalue weighted by Crippen LogP contribution is -2.40. The van der Waals surface area contributed by atoms with E-state index in [0.29, 0.717) is 22.3 Å². The Morgan fingerprint density at radius 3 is 2.57 bits per heavy atom. The van der Waals surface area contributed by atoms with E-state index >= 15 is 0 Å². The molecule has 162 valence electrons. The molecule has 0 aromatic heterocycles. The normalized spacial score (nSPS) is 28.2. The Labute approximate surface area is 183 Å². The molecule has 2 aromatic rings. The minimum atomic E-state index is -3.65. The van der Waals surface area contributed by atoms with Crippen molar-refractivity contribution in [2.75, 3.05) is 0 Å². The summed E-state index contributed by atoms with van der Waals surface area (Å²) in [5, 5.41) is 0.469. The number of ether oxygens (including phenoxy) is 2. The molecule has 7 heteroatoms. The molecule has 0 spiro atoms. The predicted octanol–water partition coefficient (Wildman–Crippen LogP) is 4.93. The first-order valence-electron chi connectivity index (χ1n) is 10.3. The second kappa shape index (κ2) is 7.83. The van der Waals surface area contributed by atoms with Gasteiger partial charge in [0.2, 0.25) is 10.0 Å². The second-order valence-electron chi connectivity index (χ2n) is 8.80. The molecule has 2 aliphatic heterocycles. The van der Waals surface area contributed by atoms with E-state index in [1.54, 1.807) is 36.4 Å². The van der Waals surface area contributed by atoms with Crippen LogP contribution in [0, 0.1) is 5.92 Å². The largest absolute Gasteiger partial charge is 0.487 e. The maximum absolute atomic E-state index is 12.6. The van der Waals surface area contributed by atoms with Gasteiger partial charge < -0.3 is 9.47 Å². The number of hydrogen-bond donors (Lipinski definition) is 1. The first-order valence-corrected chi connectivity index (χ1v) is 12.2. The highest BCUT2D eigenvalue weighted by Crippen LogP contribution is 2.55. The van der Waals surface area contributed by atoms with Crippen LogP contribution in [0.15, 0.2) is 53.4 Å². The van der Waals surface area contributed by atoms with Crippen LogP contribution in [-0.4, -0.2) is 25.7 Å². The van der Waals surface area contributed by atoms with Crippen molar-refractivity contribution in [2.45, 2.75) is 68.8 Å². The monoisotopic (exact) mass is 449 g/mol. The Kier molecular flexibility index (Phi) is 5.64. The van der Waals surface area contributed by atoms with Crippen molar-refractivity contribution in [2.24, 2.45) is 5.92 Å². The lowest BCUT2D eigenvalue weighted by molar-refractivity contribution is -0.0770. The highest BCUT2D eigenvalue weighted by atomic mass is 35.5. The molecule has 3 atom stereocenters. The minimum Gasteiger partial charge on any atom is -0.487 e. The van der Waals surface area contributed by atoms with Crippen LogP contribution in [0.4, 0.5) is 0 Å². The van der Waals surface area contributed by atoms with Crippen molar-refractivity contribution >= 4 is 21.6 Å². The van der Waals surface area contributed by atoms with Gasteiger partial charge >= 0.3 is 0 Å². The molecule has 2 fully saturated rings. The number of fused-ring (bicyclic) bond motifs is 2. The minimum absolute atomic E-state index is 0.0475. The summed E-state index contributed by atoms with van der Waals surface area (Å²) in [6, 6.07) is 13.7. The third kappa shape index (κ3) is 3.86. The number of nitrogens with one attached hydrogen (secondary N) is 1. The number of rotatable bonds is 7. The first-order chi connectivity index (χ1) is 14.2. The fourth-order valence-corrected chi connectivity index (χ4v) is 5.81. The van der Waals surface area contributed by atoms with Crippen molar-refractivity contribution in [3.8, 4) is 5.75 Å². The summed E-state index contributed by atoms with van der Waals surface area (Å²) >= 11 is 6.44. The maximum Gasteiger partial charge on any atom is 0.240 e. The number of benzene rings is 2. The third-order valence-corrected chi connectivity index (χ3v) is 8.35. The van der Waals surface area contributed by atoms with E-state index in [0.717, 1.165) is 19.3 Å². The van der Waals surface area contributed by atoms with Crippen molar-refractivity contribution in [3.63, 3.8) is 0 Å². The zero-order valence-electron chi connectivity index (χ0n) is 17.5. The average Bonchev–Trinajstić information content (AvgIpc) is 3.20. The van der Waals surface area contributed by atoms with E-state index in [4.69, 9.17) is 21.1 Å². The van der Waals surface area contributed by atoms with Gasteiger partial charge in [-0.2, -0.15) is 0 Å². The van der Waals surface area contributed by atoms with Crippen LogP contribution in [0.3, 0.4) is 0 Å². The highest BCUT2D eigenvalue weighted by molar-refractivity contribution is 7.89. The summed E-state index contributed by atoms with van der Waals surface area (Å²) in [6.07, 6.45) is 2.71. The molecule has 2 bridgehead atoms. The molecule has 4 rings (SSSR count). The van der Waals surface area contributed by atoms with Crippen LogP contribution in [0.1, 0.15) is 45.6 Å². The van der Waals surface area contributed by atoms with E-state index < -0.39 is 10.0 Å². The lowest BCUT2D eigenvalue weighted by atomic mass is 9.75. The van der Waals surface area contributed by atoms with Crippen molar-refractivity contribution in [3.05, 3.63) is 59.1 Å². The molecule has 0 saturated carbocycles. The van der Waals surface area contributed by atoms with Gasteiger partial charge in [0.25, 0.3) is 0 Å². The van der Waals surface area contributed by atoms with Gasteiger partial charge in [-0.25, -0.2) is 13.1 Å². The Bertz CT molecular complexity index is 1030. The molecule has 0 radical (unpaired) electrons. The Morgan fingerprint density at radius 1 is 1.17 bits per heavy atom. The average molecular weight is 450 g/mol. The van der Waals surface area contributed by atoms with Gasteiger partial charge in [-0.05, 0) is 49.9 Å². The fourth-order valence-electron chi connectivity index (χ4n) is 4.56. The topological polar surface area (TPSA) is 64.6 Å². The van der Waals surface area contributed by atoms with Gasteiger partial charge in [0, 0.05) is 23.6 Å². The highest BCUT2D eigenvalue weighted by Gasteiger charge is 2.61. The van der Waals surface area contributed by atoms with Gasteiger partial charge in [-0.15, -0.1) is 0 Å². The van der Waals surface area contributed by atoms with E-state index in [-0.39, 0.29) is 28.7 Å². The van der Waals surface area contributed by atoms with Gasteiger partial charge in [0.05, 0.1) is 10.5 Å². The molecular weight excluding hydrogens is 422 g/mol.